The van der Waals surface area contributed by atoms with Gasteiger partial charge < -0.3 is 20.9 Å². The third-order valence-electron chi connectivity index (χ3n) is 2.72. The van der Waals surface area contributed by atoms with Gasteiger partial charge in [0, 0.05) is 12.3 Å². The molecule has 1 atom stereocenters. The van der Waals surface area contributed by atoms with Crippen molar-refractivity contribution in [2.24, 2.45) is 5.73 Å². The van der Waals surface area contributed by atoms with Crippen molar-refractivity contribution in [1.82, 2.24) is 0 Å². The van der Waals surface area contributed by atoms with Crippen molar-refractivity contribution in [3.8, 4) is 5.75 Å². The molecular formula is C12H16N2O3. The van der Waals surface area contributed by atoms with Crippen LogP contribution in [0.4, 0.5) is 5.69 Å². The molecule has 1 unspecified atom stereocenters. The Morgan fingerprint density at radius 2 is 2.35 bits per heavy atom. The van der Waals surface area contributed by atoms with Gasteiger partial charge in [-0.15, -0.1) is 0 Å². The van der Waals surface area contributed by atoms with Crippen molar-refractivity contribution in [2.75, 3.05) is 18.9 Å². The Labute approximate surface area is 99.7 Å². The minimum atomic E-state index is -0.542. The first kappa shape index (κ1) is 11.7. The van der Waals surface area contributed by atoms with Gasteiger partial charge >= 0.3 is 0 Å². The number of hydrogen-bond donors (Lipinski definition) is 2. The molecule has 0 aromatic heterocycles. The van der Waals surface area contributed by atoms with E-state index in [0.717, 1.165) is 19.4 Å². The molecule has 1 saturated heterocycles. The number of amides is 1. The number of primary amides is 1. The van der Waals surface area contributed by atoms with Gasteiger partial charge in [-0.1, -0.05) is 0 Å². The Kier molecular flexibility index (Phi) is 3.49. The monoisotopic (exact) mass is 236 g/mol. The van der Waals surface area contributed by atoms with E-state index in [-0.39, 0.29) is 6.10 Å². The summed E-state index contributed by atoms with van der Waals surface area (Å²) in [4.78, 5) is 11.2. The fraction of sp³-hybridized carbons (Fsp3) is 0.417. The van der Waals surface area contributed by atoms with Crippen LogP contribution in [0.3, 0.4) is 0 Å². The van der Waals surface area contributed by atoms with Gasteiger partial charge in [-0.2, -0.15) is 0 Å². The van der Waals surface area contributed by atoms with Crippen LogP contribution in [-0.4, -0.2) is 25.2 Å². The summed E-state index contributed by atoms with van der Waals surface area (Å²) in [6.07, 6.45) is 2.15. The second-order valence-corrected chi connectivity index (χ2v) is 4.07. The average molecular weight is 236 g/mol. The SMILES string of the molecule is NC(=O)c1cc(N)ccc1OCC1CCCO1. The second-order valence-electron chi connectivity index (χ2n) is 4.07. The third kappa shape index (κ3) is 2.88. The smallest absolute Gasteiger partial charge is 0.252 e. The first-order valence-corrected chi connectivity index (χ1v) is 5.60. The molecule has 1 aromatic rings. The maximum Gasteiger partial charge on any atom is 0.252 e. The summed E-state index contributed by atoms with van der Waals surface area (Å²) in [5, 5.41) is 0. The summed E-state index contributed by atoms with van der Waals surface area (Å²) in [5.74, 6) is -0.0816. The lowest BCUT2D eigenvalue weighted by molar-refractivity contribution is 0.0672. The predicted octanol–water partition coefficient (Wildman–Crippen LogP) is 0.925. The molecule has 0 saturated carbocycles. The highest BCUT2D eigenvalue weighted by Gasteiger charge is 2.17. The molecule has 1 aliphatic rings. The van der Waals surface area contributed by atoms with Crippen molar-refractivity contribution < 1.29 is 14.3 Å². The van der Waals surface area contributed by atoms with Crippen molar-refractivity contribution in [3.63, 3.8) is 0 Å². The van der Waals surface area contributed by atoms with Crippen LogP contribution in [-0.2, 0) is 4.74 Å². The molecule has 4 N–H and O–H groups in total. The molecule has 1 amide bonds. The largest absolute Gasteiger partial charge is 0.490 e. The van der Waals surface area contributed by atoms with E-state index in [9.17, 15) is 4.79 Å². The summed E-state index contributed by atoms with van der Waals surface area (Å²) in [7, 11) is 0. The fourth-order valence-electron chi connectivity index (χ4n) is 1.82. The Bertz CT molecular complexity index is 414. The van der Waals surface area contributed by atoms with Crippen molar-refractivity contribution in [3.05, 3.63) is 23.8 Å². The van der Waals surface area contributed by atoms with Crippen LogP contribution < -0.4 is 16.2 Å². The zero-order chi connectivity index (χ0) is 12.3. The number of ether oxygens (including phenoxy) is 2. The summed E-state index contributed by atoms with van der Waals surface area (Å²) in [6.45, 7) is 1.21. The number of nitrogen functional groups attached to an aromatic ring is 1. The molecule has 0 aliphatic carbocycles. The van der Waals surface area contributed by atoms with E-state index in [1.807, 2.05) is 0 Å². The number of benzene rings is 1. The molecule has 1 aliphatic heterocycles. The lowest BCUT2D eigenvalue weighted by atomic mass is 10.1. The Morgan fingerprint density at radius 3 is 3.00 bits per heavy atom. The van der Waals surface area contributed by atoms with Gasteiger partial charge in [-0.05, 0) is 31.0 Å². The van der Waals surface area contributed by atoms with E-state index < -0.39 is 5.91 Å². The molecule has 1 fully saturated rings. The third-order valence-corrected chi connectivity index (χ3v) is 2.72. The van der Waals surface area contributed by atoms with Crippen molar-refractivity contribution in [1.29, 1.82) is 0 Å². The van der Waals surface area contributed by atoms with E-state index >= 15 is 0 Å². The lowest BCUT2D eigenvalue weighted by Crippen LogP contribution is -2.19. The Hall–Kier alpha value is -1.75. The van der Waals surface area contributed by atoms with E-state index in [1.165, 1.54) is 6.07 Å². The molecular weight excluding hydrogens is 220 g/mol. The van der Waals surface area contributed by atoms with Crippen LogP contribution in [0.25, 0.3) is 0 Å². The van der Waals surface area contributed by atoms with Crippen molar-refractivity contribution >= 4 is 11.6 Å². The van der Waals surface area contributed by atoms with E-state index in [2.05, 4.69) is 0 Å². The minimum Gasteiger partial charge on any atom is -0.490 e. The van der Waals surface area contributed by atoms with Gasteiger partial charge in [0.2, 0.25) is 0 Å². The molecule has 1 aromatic carbocycles. The summed E-state index contributed by atoms with van der Waals surface area (Å²) in [6, 6.07) is 4.86. The van der Waals surface area contributed by atoms with Gasteiger partial charge in [0.05, 0.1) is 11.7 Å². The van der Waals surface area contributed by atoms with Crippen LogP contribution in [0.15, 0.2) is 18.2 Å². The Morgan fingerprint density at radius 1 is 1.53 bits per heavy atom. The molecule has 1 heterocycles. The first-order valence-electron chi connectivity index (χ1n) is 5.60. The topological polar surface area (TPSA) is 87.6 Å². The maximum atomic E-state index is 11.2. The number of anilines is 1. The molecule has 0 bridgehead atoms. The Balaban J connectivity index is 2.06. The molecule has 17 heavy (non-hydrogen) atoms. The first-order chi connectivity index (χ1) is 8.16. The number of carbonyl (C=O) groups is 1. The van der Waals surface area contributed by atoms with Crippen LogP contribution in [0, 0.1) is 0 Å². The molecule has 0 radical (unpaired) electrons. The molecule has 92 valence electrons. The van der Waals surface area contributed by atoms with Crippen LogP contribution in [0.5, 0.6) is 5.75 Å². The number of carbonyl (C=O) groups excluding carboxylic acids is 1. The summed E-state index contributed by atoms with van der Waals surface area (Å²) >= 11 is 0. The minimum absolute atomic E-state index is 0.105. The highest BCUT2D eigenvalue weighted by Crippen LogP contribution is 2.22. The van der Waals surface area contributed by atoms with Gasteiger partial charge in [0.15, 0.2) is 0 Å². The number of hydrogen-bond acceptors (Lipinski definition) is 4. The average Bonchev–Trinajstić information content (AvgIpc) is 2.80. The lowest BCUT2D eigenvalue weighted by Gasteiger charge is -2.13. The van der Waals surface area contributed by atoms with E-state index in [0.29, 0.717) is 23.6 Å². The molecule has 0 spiro atoms. The highest BCUT2D eigenvalue weighted by atomic mass is 16.5. The normalized spacial score (nSPS) is 19.2. The number of rotatable bonds is 4. The number of nitrogens with two attached hydrogens (primary N) is 2. The molecule has 5 nitrogen and oxygen atoms in total. The zero-order valence-electron chi connectivity index (χ0n) is 9.52. The van der Waals surface area contributed by atoms with Gasteiger partial charge in [0.25, 0.3) is 5.91 Å². The standard InChI is InChI=1S/C12H16N2O3/c13-8-3-4-11(10(6-8)12(14)15)17-7-9-2-1-5-16-9/h3-4,6,9H,1-2,5,7,13H2,(H2,14,15). The maximum absolute atomic E-state index is 11.2. The predicted molar refractivity (Wildman–Crippen MR) is 63.8 cm³/mol. The fourth-order valence-corrected chi connectivity index (χ4v) is 1.82. The van der Waals surface area contributed by atoms with Crippen LogP contribution >= 0.6 is 0 Å². The second kappa shape index (κ2) is 5.05. The zero-order valence-corrected chi connectivity index (χ0v) is 9.52. The van der Waals surface area contributed by atoms with Crippen LogP contribution in [0.1, 0.15) is 23.2 Å². The van der Waals surface area contributed by atoms with Gasteiger partial charge in [-0.3, -0.25) is 4.79 Å². The quantitative estimate of drug-likeness (QED) is 0.761. The summed E-state index contributed by atoms with van der Waals surface area (Å²) in [5.41, 5.74) is 11.7. The van der Waals surface area contributed by atoms with Crippen molar-refractivity contribution in [2.45, 2.75) is 18.9 Å². The van der Waals surface area contributed by atoms with Gasteiger partial charge in [-0.25, -0.2) is 0 Å². The highest BCUT2D eigenvalue weighted by molar-refractivity contribution is 5.96. The molecule has 2 rings (SSSR count). The van der Waals surface area contributed by atoms with E-state index in [1.54, 1.807) is 12.1 Å². The van der Waals surface area contributed by atoms with Gasteiger partial charge in [0.1, 0.15) is 12.4 Å². The summed E-state index contributed by atoms with van der Waals surface area (Å²) < 4.78 is 11.0. The molecule has 5 heteroatoms. The van der Waals surface area contributed by atoms with Crippen LogP contribution in [0.2, 0.25) is 0 Å². The van der Waals surface area contributed by atoms with E-state index in [4.69, 9.17) is 20.9 Å².